The number of hydrogen-bond acceptors (Lipinski definition) is 6. The van der Waals surface area contributed by atoms with Crippen LogP contribution >= 0.6 is 0 Å². The highest BCUT2D eigenvalue weighted by molar-refractivity contribution is 6.35. The lowest BCUT2D eigenvalue weighted by atomic mass is 10.1. The Hall–Kier alpha value is -3.55. The summed E-state index contributed by atoms with van der Waals surface area (Å²) >= 11 is 0. The minimum absolute atomic E-state index is 0.294. The second kappa shape index (κ2) is 12.1. The molecular formula is C22H27N3O5. The van der Waals surface area contributed by atoms with Gasteiger partial charge in [0, 0.05) is 6.54 Å². The molecule has 0 radical (unpaired) electrons. The van der Waals surface area contributed by atoms with Crippen molar-refractivity contribution < 1.29 is 23.8 Å². The van der Waals surface area contributed by atoms with Gasteiger partial charge < -0.3 is 19.5 Å². The molecule has 30 heavy (non-hydrogen) atoms. The molecular weight excluding hydrogens is 386 g/mol. The predicted octanol–water partition coefficient (Wildman–Crippen LogP) is 2.30. The van der Waals surface area contributed by atoms with Gasteiger partial charge in [-0.25, -0.2) is 5.43 Å². The van der Waals surface area contributed by atoms with E-state index in [1.165, 1.54) is 6.21 Å². The predicted molar refractivity (Wildman–Crippen MR) is 114 cm³/mol. The number of carbonyl (C=O) groups is 2. The van der Waals surface area contributed by atoms with Crippen LogP contribution in [0, 0.1) is 0 Å². The van der Waals surface area contributed by atoms with E-state index < -0.39 is 11.8 Å². The molecule has 0 atom stereocenters. The van der Waals surface area contributed by atoms with Crippen LogP contribution in [0.3, 0.4) is 0 Å². The van der Waals surface area contributed by atoms with Crippen LogP contribution in [-0.4, -0.2) is 45.4 Å². The van der Waals surface area contributed by atoms with Crippen molar-refractivity contribution in [2.24, 2.45) is 5.10 Å². The van der Waals surface area contributed by atoms with Crippen molar-refractivity contribution in [2.75, 3.05) is 27.4 Å². The summed E-state index contributed by atoms with van der Waals surface area (Å²) in [6, 6.07) is 12.8. The van der Waals surface area contributed by atoms with Crippen LogP contribution < -0.4 is 25.0 Å². The molecule has 0 bridgehead atoms. The number of hydrazone groups is 1. The smallest absolute Gasteiger partial charge is 0.329 e. The molecule has 2 aromatic rings. The molecule has 0 aromatic heterocycles. The summed E-state index contributed by atoms with van der Waals surface area (Å²) in [7, 11) is 3.12. The van der Waals surface area contributed by atoms with E-state index in [1.807, 2.05) is 37.3 Å². The Morgan fingerprint density at radius 2 is 1.83 bits per heavy atom. The van der Waals surface area contributed by atoms with Gasteiger partial charge in [-0.15, -0.1) is 0 Å². The van der Waals surface area contributed by atoms with Crippen molar-refractivity contribution in [3.8, 4) is 17.2 Å². The summed E-state index contributed by atoms with van der Waals surface area (Å²) in [5.74, 6) is 0.368. The maximum atomic E-state index is 11.9. The summed E-state index contributed by atoms with van der Waals surface area (Å²) in [5.41, 5.74) is 3.91. The molecule has 2 rings (SSSR count). The molecule has 8 heteroatoms. The minimum Gasteiger partial charge on any atom is -0.494 e. The van der Waals surface area contributed by atoms with Gasteiger partial charge in [0.1, 0.15) is 5.75 Å². The summed E-state index contributed by atoms with van der Waals surface area (Å²) in [6.07, 6.45) is 2.90. The third-order valence-electron chi connectivity index (χ3n) is 4.06. The monoisotopic (exact) mass is 413 g/mol. The number of rotatable bonds is 10. The van der Waals surface area contributed by atoms with Gasteiger partial charge in [0.05, 0.1) is 27.0 Å². The van der Waals surface area contributed by atoms with Gasteiger partial charge in [-0.2, -0.15) is 5.10 Å². The van der Waals surface area contributed by atoms with Gasteiger partial charge in [-0.05, 0) is 48.2 Å². The van der Waals surface area contributed by atoms with Crippen LogP contribution in [0.15, 0.2) is 47.6 Å². The summed E-state index contributed by atoms with van der Waals surface area (Å²) in [5, 5.41) is 6.38. The molecule has 2 N–H and O–H groups in total. The average Bonchev–Trinajstić information content (AvgIpc) is 2.77. The largest absolute Gasteiger partial charge is 0.494 e. The summed E-state index contributed by atoms with van der Waals surface area (Å²) in [6.45, 7) is 2.95. The molecule has 160 valence electrons. The molecule has 0 aliphatic heterocycles. The molecule has 8 nitrogen and oxygen atoms in total. The molecule has 0 spiro atoms. The molecule has 0 heterocycles. The van der Waals surface area contributed by atoms with E-state index >= 15 is 0 Å². The fraction of sp³-hybridized carbons (Fsp3) is 0.318. The van der Waals surface area contributed by atoms with Crippen LogP contribution in [0.25, 0.3) is 0 Å². The van der Waals surface area contributed by atoms with E-state index in [0.717, 1.165) is 23.3 Å². The Balaban J connectivity index is 1.78. The van der Waals surface area contributed by atoms with E-state index in [-0.39, 0.29) is 0 Å². The van der Waals surface area contributed by atoms with E-state index in [2.05, 4.69) is 15.8 Å². The lowest BCUT2D eigenvalue weighted by Gasteiger charge is -2.10. The fourth-order valence-corrected chi connectivity index (χ4v) is 2.56. The molecule has 0 saturated heterocycles. The zero-order chi connectivity index (χ0) is 21.8. The van der Waals surface area contributed by atoms with E-state index in [0.29, 0.717) is 31.1 Å². The number of nitrogens with one attached hydrogen (secondary N) is 2. The van der Waals surface area contributed by atoms with Crippen LogP contribution in [0.5, 0.6) is 17.2 Å². The van der Waals surface area contributed by atoms with Crippen LogP contribution in [-0.2, 0) is 16.0 Å². The molecule has 0 saturated carbocycles. The van der Waals surface area contributed by atoms with Crippen molar-refractivity contribution >= 4 is 18.0 Å². The second-order valence-electron chi connectivity index (χ2n) is 6.32. The van der Waals surface area contributed by atoms with Gasteiger partial charge in [-0.1, -0.05) is 25.1 Å². The number of amides is 2. The zero-order valence-corrected chi connectivity index (χ0v) is 17.4. The van der Waals surface area contributed by atoms with Crippen molar-refractivity contribution in [3.63, 3.8) is 0 Å². The summed E-state index contributed by atoms with van der Waals surface area (Å²) in [4.78, 5) is 23.8. The first-order chi connectivity index (χ1) is 14.6. The third kappa shape index (κ3) is 7.12. The number of ether oxygens (including phenoxy) is 3. The molecule has 2 aromatic carbocycles. The maximum absolute atomic E-state index is 11.9. The number of methoxy groups -OCH3 is 2. The summed E-state index contributed by atoms with van der Waals surface area (Å²) < 4.78 is 16.0. The third-order valence-corrected chi connectivity index (χ3v) is 4.06. The standard InChI is InChI=1S/C22H27N3O5/c1-4-12-30-18-7-5-6-17(13-18)15-24-25-22(27)21(26)23-11-10-16-8-9-19(28-2)20(14-16)29-3/h5-9,13-15H,4,10-12H2,1-3H3,(H,23,26)(H,25,27)/b24-15-. The van der Waals surface area contributed by atoms with Gasteiger partial charge in [-0.3, -0.25) is 9.59 Å². The number of benzene rings is 2. The minimum atomic E-state index is -0.836. The first kappa shape index (κ1) is 22.7. The topological polar surface area (TPSA) is 98.2 Å². The van der Waals surface area contributed by atoms with Crippen LogP contribution in [0.1, 0.15) is 24.5 Å². The van der Waals surface area contributed by atoms with Gasteiger partial charge in [0.2, 0.25) is 0 Å². The molecule has 0 fully saturated rings. The number of nitrogens with zero attached hydrogens (tertiary/aromatic N) is 1. The van der Waals surface area contributed by atoms with Gasteiger partial charge in [0.25, 0.3) is 0 Å². The van der Waals surface area contributed by atoms with Crippen molar-refractivity contribution in [3.05, 3.63) is 53.6 Å². The van der Waals surface area contributed by atoms with Gasteiger partial charge >= 0.3 is 11.8 Å². The molecule has 0 unspecified atom stereocenters. The Bertz CT molecular complexity index is 883. The maximum Gasteiger partial charge on any atom is 0.329 e. The van der Waals surface area contributed by atoms with Crippen molar-refractivity contribution in [2.45, 2.75) is 19.8 Å². The Kier molecular flexibility index (Phi) is 9.18. The van der Waals surface area contributed by atoms with E-state index in [4.69, 9.17) is 14.2 Å². The molecule has 2 amide bonds. The lowest BCUT2D eigenvalue weighted by molar-refractivity contribution is -0.139. The molecule has 0 aliphatic rings. The second-order valence-corrected chi connectivity index (χ2v) is 6.32. The van der Waals surface area contributed by atoms with E-state index in [9.17, 15) is 9.59 Å². The highest BCUT2D eigenvalue weighted by atomic mass is 16.5. The SMILES string of the molecule is CCCOc1cccc(/C=N\NC(=O)C(=O)NCCc2ccc(OC)c(OC)c2)c1. The number of carbonyl (C=O) groups excluding carboxylic acids is 2. The zero-order valence-electron chi connectivity index (χ0n) is 17.4. The highest BCUT2D eigenvalue weighted by Crippen LogP contribution is 2.27. The first-order valence-electron chi connectivity index (χ1n) is 9.62. The average molecular weight is 413 g/mol. The quantitative estimate of drug-likeness (QED) is 0.354. The van der Waals surface area contributed by atoms with Crippen LogP contribution in [0.4, 0.5) is 0 Å². The first-order valence-corrected chi connectivity index (χ1v) is 9.62. The Labute approximate surface area is 176 Å². The van der Waals surface area contributed by atoms with Crippen molar-refractivity contribution in [1.82, 2.24) is 10.7 Å². The number of hydrogen-bond donors (Lipinski definition) is 2. The van der Waals surface area contributed by atoms with Gasteiger partial charge in [0.15, 0.2) is 11.5 Å². The molecule has 0 aliphatic carbocycles. The normalized spacial score (nSPS) is 10.5. The Morgan fingerprint density at radius 1 is 1.03 bits per heavy atom. The fourth-order valence-electron chi connectivity index (χ4n) is 2.56. The van der Waals surface area contributed by atoms with Crippen molar-refractivity contribution in [1.29, 1.82) is 0 Å². The Morgan fingerprint density at radius 3 is 2.57 bits per heavy atom. The highest BCUT2D eigenvalue weighted by Gasteiger charge is 2.12. The van der Waals surface area contributed by atoms with E-state index in [1.54, 1.807) is 26.4 Å². The lowest BCUT2D eigenvalue weighted by Crippen LogP contribution is -2.38. The van der Waals surface area contributed by atoms with Crippen LogP contribution in [0.2, 0.25) is 0 Å².